The van der Waals surface area contributed by atoms with Crippen LogP contribution in [-0.2, 0) is 16.0 Å². The van der Waals surface area contributed by atoms with E-state index in [0.717, 1.165) is 17.4 Å². The number of hydrogen-bond donors (Lipinski definition) is 1. The molecular weight excluding hydrogens is 278 g/mol. The van der Waals surface area contributed by atoms with Crippen molar-refractivity contribution in [2.24, 2.45) is 17.6 Å². The van der Waals surface area contributed by atoms with Crippen molar-refractivity contribution in [2.75, 3.05) is 0 Å². The SMILES string of the molecule is NC(=O)C(CCC=O)C1Cc2c(cccc2C2CCC2)C1=O. The minimum absolute atomic E-state index is 0.0193. The number of aldehydes is 1. The Morgan fingerprint density at radius 3 is 2.73 bits per heavy atom. The third-order valence-corrected chi connectivity index (χ3v) is 5.23. The minimum atomic E-state index is -0.542. The Labute approximate surface area is 130 Å². The highest BCUT2D eigenvalue weighted by Gasteiger charge is 2.40. The number of Topliss-reactive ketones (excluding diaryl/α,β-unsaturated/α-hetero) is 1. The Bertz CT molecular complexity index is 619. The molecule has 2 atom stereocenters. The molecule has 1 saturated carbocycles. The summed E-state index contributed by atoms with van der Waals surface area (Å²) in [7, 11) is 0. The van der Waals surface area contributed by atoms with Crippen LogP contribution in [0, 0.1) is 11.8 Å². The van der Waals surface area contributed by atoms with Crippen LogP contribution < -0.4 is 5.73 Å². The number of benzene rings is 1. The molecule has 2 aliphatic carbocycles. The molecule has 116 valence electrons. The zero-order valence-corrected chi connectivity index (χ0v) is 12.6. The van der Waals surface area contributed by atoms with E-state index in [1.807, 2.05) is 12.1 Å². The average Bonchev–Trinajstić information content (AvgIpc) is 2.76. The lowest BCUT2D eigenvalue weighted by atomic mass is 9.77. The zero-order valence-electron chi connectivity index (χ0n) is 12.6. The van der Waals surface area contributed by atoms with E-state index in [4.69, 9.17) is 5.73 Å². The lowest BCUT2D eigenvalue weighted by Gasteiger charge is -2.28. The van der Waals surface area contributed by atoms with Crippen LogP contribution in [0.3, 0.4) is 0 Å². The van der Waals surface area contributed by atoms with Gasteiger partial charge in [-0.1, -0.05) is 24.6 Å². The number of primary amides is 1. The summed E-state index contributed by atoms with van der Waals surface area (Å²) in [6.45, 7) is 0. The first-order valence-electron chi connectivity index (χ1n) is 8.02. The van der Waals surface area contributed by atoms with Crippen molar-refractivity contribution >= 4 is 18.0 Å². The van der Waals surface area contributed by atoms with Crippen molar-refractivity contribution in [3.05, 3.63) is 34.9 Å². The van der Waals surface area contributed by atoms with Crippen LogP contribution in [0.15, 0.2) is 18.2 Å². The highest BCUT2D eigenvalue weighted by molar-refractivity contribution is 6.04. The molecule has 2 aliphatic rings. The molecule has 22 heavy (non-hydrogen) atoms. The summed E-state index contributed by atoms with van der Waals surface area (Å²) in [5.41, 5.74) is 8.63. The van der Waals surface area contributed by atoms with Gasteiger partial charge < -0.3 is 10.5 Å². The summed E-state index contributed by atoms with van der Waals surface area (Å²) in [6, 6.07) is 5.91. The summed E-state index contributed by atoms with van der Waals surface area (Å²) in [5.74, 6) is -0.833. The molecule has 2 unspecified atom stereocenters. The fourth-order valence-electron chi connectivity index (χ4n) is 3.79. The maximum atomic E-state index is 12.7. The Balaban J connectivity index is 1.89. The highest BCUT2D eigenvalue weighted by atomic mass is 16.1. The Kier molecular flexibility index (Phi) is 4.10. The molecule has 4 nitrogen and oxygen atoms in total. The van der Waals surface area contributed by atoms with E-state index in [1.165, 1.54) is 24.8 Å². The van der Waals surface area contributed by atoms with Gasteiger partial charge in [-0.05, 0) is 42.7 Å². The number of carbonyl (C=O) groups is 3. The van der Waals surface area contributed by atoms with Gasteiger partial charge in [0.1, 0.15) is 6.29 Å². The van der Waals surface area contributed by atoms with Gasteiger partial charge in [0.15, 0.2) is 5.78 Å². The first-order valence-corrected chi connectivity index (χ1v) is 8.02. The van der Waals surface area contributed by atoms with E-state index >= 15 is 0 Å². The van der Waals surface area contributed by atoms with E-state index in [0.29, 0.717) is 18.8 Å². The smallest absolute Gasteiger partial charge is 0.221 e. The normalized spacial score (nSPS) is 22.0. The summed E-state index contributed by atoms with van der Waals surface area (Å²) < 4.78 is 0. The van der Waals surface area contributed by atoms with E-state index in [-0.39, 0.29) is 12.2 Å². The Morgan fingerprint density at radius 1 is 1.36 bits per heavy atom. The largest absolute Gasteiger partial charge is 0.369 e. The van der Waals surface area contributed by atoms with Crippen molar-refractivity contribution in [3.8, 4) is 0 Å². The predicted molar refractivity (Wildman–Crippen MR) is 82.5 cm³/mol. The molecule has 0 bridgehead atoms. The molecule has 1 aromatic carbocycles. The van der Waals surface area contributed by atoms with E-state index in [1.54, 1.807) is 0 Å². The van der Waals surface area contributed by atoms with Crippen molar-refractivity contribution < 1.29 is 14.4 Å². The molecule has 2 N–H and O–H groups in total. The van der Waals surface area contributed by atoms with Gasteiger partial charge in [0.2, 0.25) is 5.91 Å². The van der Waals surface area contributed by atoms with Gasteiger partial charge in [0, 0.05) is 23.8 Å². The van der Waals surface area contributed by atoms with Gasteiger partial charge in [-0.15, -0.1) is 0 Å². The predicted octanol–water partition coefficient (Wildman–Crippen LogP) is 2.39. The van der Waals surface area contributed by atoms with E-state index in [9.17, 15) is 14.4 Å². The number of rotatable bonds is 6. The van der Waals surface area contributed by atoms with Gasteiger partial charge in [-0.25, -0.2) is 0 Å². The molecule has 3 rings (SSSR count). The molecule has 4 heteroatoms. The second-order valence-corrected chi connectivity index (χ2v) is 6.43. The van der Waals surface area contributed by atoms with E-state index in [2.05, 4.69) is 6.07 Å². The van der Waals surface area contributed by atoms with Crippen LogP contribution >= 0.6 is 0 Å². The third-order valence-electron chi connectivity index (χ3n) is 5.23. The molecule has 0 radical (unpaired) electrons. The van der Waals surface area contributed by atoms with Crippen LogP contribution in [0.4, 0.5) is 0 Å². The molecule has 1 fully saturated rings. The number of hydrogen-bond acceptors (Lipinski definition) is 3. The number of nitrogens with two attached hydrogens (primary N) is 1. The number of ketones is 1. The summed E-state index contributed by atoms with van der Waals surface area (Å²) >= 11 is 0. The first-order chi connectivity index (χ1) is 10.6. The number of fused-ring (bicyclic) bond motifs is 1. The summed E-state index contributed by atoms with van der Waals surface area (Å²) in [4.78, 5) is 35.0. The molecule has 1 amide bonds. The van der Waals surface area contributed by atoms with Crippen LogP contribution in [0.1, 0.15) is 59.5 Å². The van der Waals surface area contributed by atoms with Crippen molar-refractivity contribution in [1.82, 2.24) is 0 Å². The van der Waals surface area contributed by atoms with Gasteiger partial charge in [-0.3, -0.25) is 9.59 Å². The van der Waals surface area contributed by atoms with Gasteiger partial charge in [0.25, 0.3) is 0 Å². The second-order valence-electron chi connectivity index (χ2n) is 6.43. The second kappa shape index (κ2) is 6.03. The number of amides is 1. The molecule has 0 aliphatic heterocycles. The molecule has 0 saturated heterocycles. The lowest BCUT2D eigenvalue weighted by molar-refractivity contribution is -0.123. The van der Waals surface area contributed by atoms with Crippen LogP contribution in [-0.4, -0.2) is 18.0 Å². The fourth-order valence-corrected chi connectivity index (χ4v) is 3.79. The molecular formula is C18H21NO3. The van der Waals surface area contributed by atoms with Crippen LogP contribution in [0.2, 0.25) is 0 Å². The zero-order chi connectivity index (χ0) is 15.7. The third kappa shape index (κ3) is 2.47. The molecule has 0 spiro atoms. The van der Waals surface area contributed by atoms with Crippen molar-refractivity contribution in [2.45, 2.75) is 44.4 Å². The van der Waals surface area contributed by atoms with Gasteiger partial charge >= 0.3 is 0 Å². The molecule has 1 aromatic rings. The quantitative estimate of drug-likeness (QED) is 0.819. The standard InChI is InChI=1S/C18H21NO3/c19-18(22)14(8-3-9-20)16-10-15-12(11-4-1-5-11)6-2-7-13(15)17(16)21/h2,6-7,9,11,14,16H,1,3-5,8,10H2,(H2,19,22). The monoisotopic (exact) mass is 299 g/mol. The average molecular weight is 299 g/mol. The number of carbonyl (C=O) groups excluding carboxylic acids is 3. The Morgan fingerprint density at radius 2 is 2.14 bits per heavy atom. The van der Waals surface area contributed by atoms with Crippen LogP contribution in [0.5, 0.6) is 0 Å². The van der Waals surface area contributed by atoms with Crippen molar-refractivity contribution in [3.63, 3.8) is 0 Å². The molecule has 0 aromatic heterocycles. The lowest BCUT2D eigenvalue weighted by Crippen LogP contribution is -2.33. The maximum absolute atomic E-state index is 12.7. The Hall–Kier alpha value is -1.97. The van der Waals surface area contributed by atoms with Gasteiger partial charge in [-0.2, -0.15) is 0 Å². The molecule has 0 heterocycles. The topological polar surface area (TPSA) is 77.2 Å². The fraction of sp³-hybridized carbons (Fsp3) is 0.500. The van der Waals surface area contributed by atoms with Crippen molar-refractivity contribution in [1.29, 1.82) is 0 Å². The highest BCUT2D eigenvalue weighted by Crippen LogP contribution is 2.43. The first kappa shape index (κ1) is 14.9. The maximum Gasteiger partial charge on any atom is 0.221 e. The summed E-state index contributed by atoms with van der Waals surface area (Å²) in [6.07, 6.45) is 5.61. The minimum Gasteiger partial charge on any atom is -0.369 e. The van der Waals surface area contributed by atoms with Crippen LogP contribution in [0.25, 0.3) is 0 Å². The summed E-state index contributed by atoms with van der Waals surface area (Å²) in [5, 5.41) is 0. The van der Waals surface area contributed by atoms with Gasteiger partial charge in [0.05, 0.1) is 0 Å². The van der Waals surface area contributed by atoms with E-state index < -0.39 is 17.7 Å².